The van der Waals surface area contributed by atoms with E-state index in [0.29, 0.717) is 6.04 Å². The van der Waals surface area contributed by atoms with E-state index in [1.807, 2.05) is 12.1 Å². The minimum Gasteiger partial charge on any atom is -0.368 e. The van der Waals surface area contributed by atoms with Gasteiger partial charge in [-0.15, -0.1) is 0 Å². The van der Waals surface area contributed by atoms with Gasteiger partial charge in [-0.1, -0.05) is 30.3 Å². The fourth-order valence-electron chi connectivity index (χ4n) is 2.00. The molecule has 0 saturated carbocycles. The Hall–Kier alpha value is -2.10. The molecule has 2 rings (SSSR count). The molecular formula is C16H22N4. The molecular weight excluding hydrogens is 248 g/mol. The molecule has 20 heavy (non-hydrogen) atoms. The molecule has 0 amide bonds. The maximum absolute atomic E-state index is 4.58. The molecule has 4 heteroatoms. The van der Waals surface area contributed by atoms with Crippen LogP contribution < -0.4 is 10.2 Å². The van der Waals surface area contributed by atoms with Crippen molar-refractivity contribution < 1.29 is 0 Å². The highest BCUT2D eigenvalue weighted by Crippen LogP contribution is 2.14. The summed E-state index contributed by atoms with van der Waals surface area (Å²) in [6.07, 6.45) is 1.81. The summed E-state index contributed by atoms with van der Waals surface area (Å²) in [5.41, 5.74) is 1.26. The molecule has 0 spiro atoms. The van der Waals surface area contributed by atoms with Crippen LogP contribution in [0.15, 0.2) is 42.6 Å². The van der Waals surface area contributed by atoms with E-state index in [9.17, 15) is 0 Å². The third kappa shape index (κ3) is 3.95. The fourth-order valence-corrected chi connectivity index (χ4v) is 2.00. The number of aromatic nitrogens is 2. The van der Waals surface area contributed by atoms with Gasteiger partial charge >= 0.3 is 0 Å². The SMILES string of the molecule is CCN(Cc1ccccc1)c1nccc(NC(C)C)n1. The van der Waals surface area contributed by atoms with E-state index >= 15 is 0 Å². The molecule has 106 valence electrons. The Morgan fingerprint density at radius 1 is 1.15 bits per heavy atom. The summed E-state index contributed by atoms with van der Waals surface area (Å²) in [6, 6.07) is 12.7. The Labute approximate surface area is 120 Å². The lowest BCUT2D eigenvalue weighted by molar-refractivity contribution is 0.788. The normalized spacial score (nSPS) is 10.6. The highest BCUT2D eigenvalue weighted by molar-refractivity contribution is 5.42. The third-order valence-corrected chi connectivity index (χ3v) is 2.96. The van der Waals surface area contributed by atoms with Crippen LogP contribution in [0.4, 0.5) is 11.8 Å². The first-order valence-corrected chi connectivity index (χ1v) is 7.07. The predicted molar refractivity (Wildman–Crippen MR) is 84.0 cm³/mol. The van der Waals surface area contributed by atoms with Crippen molar-refractivity contribution >= 4 is 11.8 Å². The fraction of sp³-hybridized carbons (Fsp3) is 0.375. The molecule has 0 atom stereocenters. The second kappa shape index (κ2) is 6.89. The molecule has 0 saturated heterocycles. The molecule has 1 aromatic heterocycles. The van der Waals surface area contributed by atoms with Crippen molar-refractivity contribution in [3.63, 3.8) is 0 Å². The Morgan fingerprint density at radius 3 is 2.55 bits per heavy atom. The van der Waals surface area contributed by atoms with Gasteiger partial charge < -0.3 is 10.2 Å². The van der Waals surface area contributed by atoms with Crippen LogP contribution in [0.1, 0.15) is 26.3 Å². The van der Waals surface area contributed by atoms with E-state index < -0.39 is 0 Å². The van der Waals surface area contributed by atoms with Crippen LogP contribution in [-0.2, 0) is 6.54 Å². The zero-order valence-electron chi connectivity index (χ0n) is 12.4. The Balaban J connectivity index is 2.15. The second-order valence-corrected chi connectivity index (χ2v) is 5.04. The first kappa shape index (κ1) is 14.3. The average molecular weight is 270 g/mol. The molecule has 1 N–H and O–H groups in total. The summed E-state index contributed by atoms with van der Waals surface area (Å²) in [7, 11) is 0. The van der Waals surface area contributed by atoms with Crippen molar-refractivity contribution in [1.82, 2.24) is 9.97 Å². The molecule has 1 heterocycles. The number of benzene rings is 1. The lowest BCUT2D eigenvalue weighted by atomic mass is 10.2. The van der Waals surface area contributed by atoms with E-state index in [2.05, 4.69) is 65.2 Å². The monoisotopic (exact) mass is 270 g/mol. The van der Waals surface area contributed by atoms with Crippen LogP contribution in [0.2, 0.25) is 0 Å². The minimum atomic E-state index is 0.363. The van der Waals surface area contributed by atoms with Crippen molar-refractivity contribution in [3.8, 4) is 0 Å². The Kier molecular flexibility index (Phi) is 4.93. The van der Waals surface area contributed by atoms with Gasteiger partial charge in [0.25, 0.3) is 0 Å². The molecule has 0 aliphatic heterocycles. The number of anilines is 2. The Bertz CT molecular complexity index is 525. The maximum Gasteiger partial charge on any atom is 0.227 e. The van der Waals surface area contributed by atoms with Gasteiger partial charge in [0.05, 0.1) is 0 Å². The van der Waals surface area contributed by atoms with Crippen LogP contribution in [0, 0.1) is 0 Å². The first-order chi connectivity index (χ1) is 9.69. The van der Waals surface area contributed by atoms with Crippen LogP contribution >= 0.6 is 0 Å². The largest absolute Gasteiger partial charge is 0.368 e. The molecule has 4 nitrogen and oxygen atoms in total. The van der Waals surface area contributed by atoms with Gasteiger partial charge in [-0.25, -0.2) is 4.98 Å². The number of hydrogen-bond acceptors (Lipinski definition) is 4. The van der Waals surface area contributed by atoms with Crippen molar-refractivity contribution in [1.29, 1.82) is 0 Å². The van der Waals surface area contributed by atoms with Gasteiger partial charge in [-0.3, -0.25) is 0 Å². The highest BCUT2D eigenvalue weighted by Gasteiger charge is 2.09. The summed E-state index contributed by atoms with van der Waals surface area (Å²) < 4.78 is 0. The van der Waals surface area contributed by atoms with Crippen LogP contribution in [-0.4, -0.2) is 22.6 Å². The lowest BCUT2D eigenvalue weighted by Crippen LogP contribution is -2.24. The molecule has 2 aromatic rings. The minimum absolute atomic E-state index is 0.363. The summed E-state index contributed by atoms with van der Waals surface area (Å²) in [5.74, 6) is 1.64. The van der Waals surface area contributed by atoms with Gasteiger partial charge in [-0.2, -0.15) is 4.98 Å². The van der Waals surface area contributed by atoms with E-state index in [-0.39, 0.29) is 0 Å². The van der Waals surface area contributed by atoms with Gasteiger partial charge in [0, 0.05) is 25.3 Å². The molecule has 0 aliphatic carbocycles. The molecule has 1 aromatic carbocycles. The zero-order chi connectivity index (χ0) is 14.4. The van der Waals surface area contributed by atoms with Crippen molar-refractivity contribution in [2.24, 2.45) is 0 Å². The number of nitrogens with one attached hydrogen (secondary N) is 1. The van der Waals surface area contributed by atoms with E-state index in [1.165, 1.54) is 5.56 Å². The van der Waals surface area contributed by atoms with Crippen LogP contribution in [0.25, 0.3) is 0 Å². The zero-order valence-corrected chi connectivity index (χ0v) is 12.4. The number of hydrogen-bond donors (Lipinski definition) is 1. The highest BCUT2D eigenvalue weighted by atomic mass is 15.3. The Morgan fingerprint density at radius 2 is 1.90 bits per heavy atom. The third-order valence-electron chi connectivity index (χ3n) is 2.96. The van der Waals surface area contributed by atoms with Crippen molar-refractivity contribution in [2.45, 2.75) is 33.4 Å². The van der Waals surface area contributed by atoms with Crippen LogP contribution in [0.3, 0.4) is 0 Å². The average Bonchev–Trinajstić information content (AvgIpc) is 2.45. The molecule has 0 aliphatic rings. The number of rotatable bonds is 6. The maximum atomic E-state index is 4.58. The number of nitrogens with zero attached hydrogens (tertiary/aromatic N) is 3. The second-order valence-electron chi connectivity index (χ2n) is 5.04. The molecule has 0 radical (unpaired) electrons. The lowest BCUT2D eigenvalue weighted by Gasteiger charge is -2.21. The van der Waals surface area contributed by atoms with Crippen molar-refractivity contribution in [2.75, 3.05) is 16.8 Å². The molecule has 0 bridgehead atoms. The van der Waals surface area contributed by atoms with Gasteiger partial charge in [-0.05, 0) is 32.4 Å². The smallest absolute Gasteiger partial charge is 0.227 e. The summed E-state index contributed by atoms with van der Waals surface area (Å²) in [6.45, 7) is 8.02. The summed E-state index contributed by atoms with van der Waals surface area (Å²) in [5, 5.41) is 3.31. The van der Waals surface area contributed by atoms with Crippen molar-refractivity contribution in [3.05, 3.63) is 48.2 Å². The topological polar surface area (TPSA) is 41.1 Å². The summed E-state index contributed by atoms with van der Waals surface area (Å²) >= 11 is 0. The van der Waals surface area contributed by atoms with E-state index in [0.717, 1.165) is 24.9 Å². The predicted octanol–water partition coefficient (Wildman–Crippen LogP) is 3.32. The molecule has 0 fully saturated rings. The first-order valence-electron chi connectivity index (χ1n) is 7.07. The van der Waals surface area contributed by atoms with E-state index in [4.69, 9.17) is 0 Å². The van der Waals surface area contributed by atoms with Gasteiger partial charge in [0.2, 0.25) is 5.95 Å². The standard InChI is InChI=1S/C16H22N4/c1-4-20(12-14-8-6-5-7-9-14)16-17-11-10-15(19-16)18-13(2)3/h5-11,13H,4,12H2,1-3H3,(H,17,18,19). The van der Waals surface area contributed by atoms with E-state index in [1.54, 1.807) is 6.20 Å². The van der Waals surface area contributed by atoms with Gasteiger partial charge in [0.15, 0.2) is 0 Å². The molecule has 0 unspecified atom stereocenters. The van der Waals surface area contributed by atoms with Crippen LogP contribution in [0.5, 0.6) is 0 Å². The van der Waals surface area contributed by atoms with Gasteiger partial charge in [0.1, 0.15) is 5.82 Å². The quantitative estimate of drug-likeness (QED) is 0.874. The summed E-state index contributed by atoms with van der Waals surface area (Å²) in [4.78, 5) is 11.1.